The van der Waals surface area contributed by atoms with Crippen LogP contribution in [0.1, 0.15) is 23.2 Å². The maximum absolute atomic E-state index is 12.0. The summed E-state index contributed by atoms with van der Waals surface area (Å²) in [6.07, 6.45) is -1.24. The van der Waals surface area contributed by atoms with Crippen LogP contribution in [0.4, 0.5) is 5.69 Å². The molecule has 1 aliphatic heterocycles. The lowest BCUT2D eigenvalue weighted by molar-refractivity contribution is -0.178. The van der Waals surface area contributed by atoms with E-state index in [0.29, 0.717) is 12.8 Å². The number of phosphoric ester groups is 1. The zero-order valence-corrected chi connectivity index (χ0v) is 11.9. The van der Waals surface area contributed by atoms with E-state index in [1.807, 2.05) is 0 Å². The number of ether oxygens (including phenoxy) is 2. The summed E-state index contributed by atoms with van der Waals surface area (Å²) in [6.45, 7) is 0.270. The Morgan fingerprint density at radius 1 is 1.38 bits per heavy atom. The van der Waals surface area contributed by atoms with Crippen LogP contribution in [0.2, 0.25) is 0 Å². The number of nitrogen functional groups attached to an aromatic ring is 1. The Morgan fingerprint density at radius 3 is 2.76 bits per heavy atom. The summed E-state index contributed by atoms with van der Waals surface area (Å²) >= 11 is 0. The van der Waals surface area contributed by atoms with E-state index < -0.39 is 26.2 Å². The molecule has 0 amide bonds. The Bertz CT molecular complexity index is 558. The number of anilines is 1. The van der Waals surface area contributed by atoms with E-state index in [0.717, 1.165) is 0 Å². The highest BCUT2D eigenvalue weighted by Gasteiger charge is 2.35. The summed E-state index contributed by atoms with van der Waals surface area (Å²) in [5.74, 6) is -0.692. The predicted molar refractivity (Wildman–Crippen MR) is 72.2 cm³/mol. The smallest absolute Gasteiger partial charge is 0.453 e. The van der Waals surface area contributed by atoms with Gasteiger partial charge in [0.15, 0.2) is 6.10 Å². The molecule has 1 fully saturated rings. The summed E-state index contributed by atoms with van der Waals surface area (Å²) in [7, 11) is -4.74. The zero-order chi connectivity index (χ0) is 15.5. The highest BCUT2D eigenvalue weighted by atomic mass is 31.2. The van der Waals surface area contributed by atoms with Gasteiger partial charge in [-0.25, -0.2) is 9.36 Å². The highest BCUT2D eigenvalue weighted by molar-refractivity contribution is 7.46. The fourth-order valence-corrected chi connectivity index (χ4v) is 2.43. The molecule has 0 aliphatic carbocycles. The van der Waals surface area contributed by atoms with Gasteiger partial charge in [0.1, 0.15) is 0 Å². The molecule has 1 aromatic carbocycles. The molecule has 2 unspecified atom stereocenters. The molecule has 0 saturated carbocycles. The topological polar surface area (TPSA) is 128 Å². The van der Waals surface area contributed by atoms with Gasteiger partial charge in [-0.05, 0) is 25.0 Å². The maximum Gasteiger partial charge on any atom is 0.472 e. The van der Waals surface area contributed by atoms with Crippen molar-refractivity contribution < 1.29 is 33.1 Å². The van der Waals surface area contributed by atoms with Crippen LogP contribution in [0.15, 0.2) is 24.3 Å². The molecular weight excluding hydrogens is 301 g/mol. The van der Waals surface area contributed by atoms with Crippen LogP contribution < -0.4 is 5.73 Å². The summed E-state index contributed by atoms with van der Waals surface area (Å²) in [6, 6.07) is 6.36. The van der Waals surface area contributed by atoms with E-state index >= 15 is 0 Å². The maximum atomic E-state index is 12.0. The SMILES string of the molecule is Nc1ccccc1C(=O)OC1CCCOC1OP(=O)(O)O. The van der Waals surface area contributed by atoms with E-state index in [1.165, 1.54) is 6.07 Å². The third-order valence-electron chi connectivity index (χ3n) is 2.90. The lowest BCUT2D eigenvalue weighted by Crippen LogP contribution is -2.39. The van der Waals surface area contributed by atoms with E-state index in [9.17, 15) is 9.36 Å². The second-order valence-corrected chi connectivity index (χ2v) is 5.70. The molecule has 0 bridgehead atoms. The van der Waals surface area contributed by atoms with E-state index in [4.69, 9.17) is 25.0 Å². The molecule has 1 aliphatic rings. The van der Waals surface area contributed by atoms with Crippen LogP contribution in [0, 0.1) is 0 Å². The van der Waals surface area contributed by atoms with E-state index in [-0.39, 0.29) is 17.9 Å². The molecule has 0 aromatic heterocycles. The van der Waals surface area contributed by atoms with Gasteiger partial charge in [0.05, 0.1) is 12.2 Å². The van der Waals surface area contributed by atoms with Gasteiger partial charge in [-0.15, -0.1) is 0 Å². The summed E-state index contributed by atoms with van der Waals surface area (Å²) < 4.78 is 25.7. The van der Waals surface area contributed by atoms with Crippen molar-refractivity contribution in [3.63, 3.8) is 0 Å². The molecule has 1 aromatic rings. The monoisotopic (exact) mass is 317 g/mol. The first-order valence-corrected chi connectivity index (χ1v) is 7.81. The molecule has 1 heterocycles. The van der Waals surface area contributed by atoms with Gasteiger partial charge in [-0.1, -0.05) is 12.1 Å². The van der Waals surface area contributed by atoms with Gasteiger partial charge in [0, 0.05) is 5.69 Å². The number of rotatable bonds is 4. The number of esters is 1. The van der Waals surface area contributed by atoms with Gasteiger partial charge in [-0.2, -0.15) is 0 Å². The molecule has 2 rings (SSSR count). The molecule has 4 N–H and O–H groups in total. The quantitative estimate of drug-likeness (QED) is 0.427. The van der Waals surface area contributed by atoms with Gasteiger partial charge in [0.25, 0.3) is 0 Å². The standard InChI is InChI=1S/C12H16NO7P/c13-9-5-2-1-4-8(9)11(14)19-10-6-3-7-18-12(10)20-21(15,16)17/h1-2,4-5,10,12H,3,6-7,13H2,(H2,15,16,17). The van der Waals surface area contributed by atoms with Gasteiger partial charge < -0.3 is 25.0 Å². The minimum Gasteiger partial charge on any atom is -0.453 e. The number of para-hydroxylation sites is 1. The Kier molecular flexibility index (Phi) is 4.97. The fraction of sp³-hybridized carbons (Fsp3) is 0.417. The first kappa shape index (κ1) is 15.9. The molecule has 9 heteroatoms. The fourth-order valence-electron chi connectivity index (χ4n) is 1.96. The predicted octanol–water partition coefficient (Wildman–Crippen LogP) is 1.04. The number of carbonyl (C=O) groups excluding carboxylic acids is 1. The summed E-state index contributed by atoms with van der Waals surface area (Å²) in [5, 5.41) is 0. The number of nitrogens with two attached hydrogens (primary N) is 1. The van der Waals surface area contributed by atoms with Crippen LogP contribution in [0.3, 0.4) is 0 Å². The average Bonchev–Trinajstić information content (AvgIpc) is 2.40. The third kappa shape index (κ3) is 4.52. The van der Waals surface area contributed by atoms with E-state index in [2.05, 4.69) is 4.52 Å². The van der Waals surface area contributed by atoms with Gasteiger partial charge in [0.2, 0.25) is 6.29 Å². The number of hydrogen-bond acceptors (Lipinski definition) is 6. The van der Waals surface area contributed by atoms with Crippen LogP contribution in [-0.4, -0.2) is 34.8 Å². The Labute approximate surface area is 121 Å². The van der Waals surface area contributed by atoms with Crippen molar-refractivity contribution in [2.24, 2.45) is 0 Å². The largest absolute Gasteiger partial charge is 0.472 e. The van der Waals surface area contributed by atoms with Crippen molar-refractivity contribution in [1.82, 2.24) is 0 Å². The normalized spacial score (nSPS) is 22.8. The van der Waals surface area contributed by atoms with Gasteiger partial charge in [-0.3, -0.25) is 4.52 Å². The van der Waals surface area contributed by atoms with Crippen molar-refractivity contribution in [3.8, 4) is 0 Å². The van der Waals surface area contributed by atoms with Crippen LogP contribution in [0.25, 0.3) is 0 Å². The molecule has 116 valence electrons. The lowest BCUT2D eigenvalue weighted by atomic mass is 10.1. The van der Waals surface area contributed by atoms with Crippen LogP contribution in [0.5, 0.6) is 0 Å². The molecule has 21 heavy (non-hydrogen) atoms. The van der Waals surface area contributed by atoms with Gasteiger partial charge >= 0.3 is 13.8 Å². The molecule has 8 nitrogen and oxygen atoms in total. The van der Waals surface area contributed by atoms with Crippen molar-refractivity contribution in [2.75, 3.05) is 12.3 Å². The second kappa shape index (κ2) is 6.55. The van der Waals surface area contributed by atoms with Crippen molar-refractivity contribution in [3.05, 3.63) is 29.8 Å². The third-order valence-corrected chi connectivity index (χ3v) is 3.38. The molecule has 0 radical (unpaired) electrons. The molecule has 2 atom stereocenters. The zero-order valence-electron chi connectivity index (χ0n) is 11.0. The minimum atomic E-state index is -4.74. The summed E-state index contributed by atoms with van der Waals surface area (Å²) in [4.78, 5) is 29.7. The van der Waals surface area contributed by atoms with Crippen LogP contribution >= 0.6 is 7.82 Å². The van der Waals surface area contributed by atoms with Crippen molar-refractivity contribution >= 4 is 19.5 Å². The molecular formula is C12H16NO7P. The Hall–Kier alpha value is -1.44. The van der Waals surface area contributed by atoms with Crippen LogP contribution in [-0.2, 0) is 18.6 Å². The highest BCUT2D eigenvalue weighted by Crippen LogP contribution is 2.40. The van der Waals surface area contributed by atoms with E-state index in [1.54, 1.807) is 18.2 Å². The first-order chi connectivity index (χ1) is 9.87. The number of carbonyl (C=O) groups is 1. The Balaban J connectivity index is 2.07. The van der Waals surface area contributed by atoms with Crippen molar-refractivity contribution in [2.45, 2.75) is 25.2 Å². The summed E-state index contributed by atoms with van der Waals surface area (Å²) in [5.41, 5.74) is 6.11. The second-order valence-electron chi connectivity index (χ2n) is 4.51. The Morgan fingerprint density at radius 2 is 2.10 bits per heavy atom. The average molecular weight is 317 g/mol. The first-order valence-electron chi connectivity index (χ1n) is 6.28. The lowest BCUT2D eigenvalue weighted by Gasteiger charge is -2.30. The minimum absolute atomic E-state index is 0.179. The van der Waals surface area contributed by atoms with Crippen molar-refractivity contribution in [1.29, 1.82) is 0 Å². The number of hydrogen-bond donors (Lipinski definition) is 3. The number of benzene rings is 1. The molecule has 0 spiro atoms. The molecule has 1 saturated heterocycles. The number of phosphoric acid groups is 1.